The normalized spacial score (nSPS) is 29.0. The van der Waals surface area contributed by atoms with E-state index in [-0.39, 0.29) is 0 Å². The zero-order valence-electron chi connectivity index (χ0n) is 10.6. The standard InChI is InChI=1S/C13H26N2/c1-11(10-12-4-5-12)15-8-6-13(2,14-3)7-9-15/h11-12,14H,4-10H2,1-3H3. The minimum Gasteiger partial charge on any atom is -0.314 e. The number of nitrogens with one attached hydrogen (secondary N) is 1. The van der Waals surface area contributed by atoms with Gasteiger partial charge in [0.05, 0.1) is 0 Å². The summed E-state index contributed by atoms with van der Waals surface area (Å²) in [5.74, 6) is 1.07. The molecule has 1 heterocycles. The molecule has 1 atom stereocenters. The average Bonchev–Trinajstić information content (AvgIpc) is 3.03. The van der Waals surface area contributed by atoms with Crippen LogP contribution in [-0.4, -0.2) is 36.6 Å². The fraction of sp³-hybridized carbons (Fsp3) is 1.00. The molecule has 2 heteroatoms. The molecule has 1 N–H and O–H groups in total. The van der Waals surface area contributed by atoms with Crippen LogP contribution in [0, 0.1) is 5.92 Å². The maximum atomic E-state index is 3.47. The van der Waals surface area contributed by atoms with Crippen LogP contribution in [0.2, 0.25) is 0 Å². The monoisotopic (exact) mass is 210 g/mol. The Hall–Kier alpha value is -0.0800. The first-order valence-electron chi connectivity index (χ1n) is 6.56. The van der Waals surface area contributed by atoms with E-state index in [4.69, 9.17) is 0 Å². The number of piperidine rings is 1. The Kier molecular flexibility index (Phi) is 3.36. The van der Waals surface area contributed by atoms with Crippen molar-refractivity contribution in [1.82, 2.24) is 10.2 Å². The Morgan fingerprint density at radius 2 is 1.93 bits per heavy atom. The van der Waals surface area contributed by atoms with Crippen LogP contribution in [0.15, 0.2) is 0 Å². The van der Waals surface area contributed by atoms with E-state index in [0.29, 0.717) is 5.54 Å². The van der Waals surface area contributed by atoms with Crippen molar-refractivity contribution in [3.63, 3.8) is 0 Å². The van der Waals surface area contributed by atoms with Crippen LogP contribution in [-0.2, 0) is 0 Å². The second-order valence-corrected chi connectivity index (χ2v) is 5.87. The van der Waals surface area contributed by atoms with E-state index in [9.17, 15) is 0 Å². The van der Waals surface area contributed by atoms with Crippen molar-refractivity contribution in [3.8, 4) is 0 Å². The van der Waals surface area contributed by atoms with Crippen LogP contribution in [0.5, 0.6) is 0 Å². The lowest BCUT2D eigenvalue weighted by molar-refractivity contribution is 0.110. The molecule has 1 aliphatic carbocycles. The molecule has 15 heavy (non-hydrogen) atoms. The lowest BCUT2D eigenvalue weighted by atomic mass is 9.89. The number of nitrogens with zero attached hydrogens (tertiary/aromatic N) is 1. The van der Waals surface area contributed by atoms with Gasteiger partial charge in [-0.15, -0.1) is 0 Å². The summed E-state index contributed by atoms with van der Waals surface area (Å²) in [6.45, 7) is 7.34. The van der Waals surface area contributed by atoms with E-state index in [1.807, 2.05) is 0 Å². The van der Waals surface area contributed by atoms with Gasteiger partial charge in [0.1, 0.15) is 0 Å². The maximum absolute atomic E-state index is 3.47. The smallest absolute Gasteiger partial charge is 0.0174 e. The highest BCUT2D eigenvalue weighted by Gasteiger charge is 2.32. The van der Waals surface area contributed by atoms with E-state index in [1.165, 1.54) is 45.2 Å². The van der Waals surface area contributed by atoms with Gasteiger partial charge in [-0.1, -0.05) is 12.8 Å². The molecule has 0 amide bonds. The van der Waals surface area contributed by atoms with E-state index < -0.39 is 0 Å². The third-order valence-corrected chi connectivity index (χ3v) is 4.50. The molecule has 1 unspecified atom stereocenters. The minimum absolute atomic E-state index is 0.399. The number of rotatable bonds is 4. The van der Waals surface area contributed by atoms with Crippen molar-refractivity contribution in [2.24, 2.45) is 5.92 Å². The van der Waals surface area contributed by atoms with Crippen LogP contribution >= 0.6 is 0 Å². The molecule has 88 valence electrons. The molecule has 0 radical (unpaired) electrons. The summed E-state index contributed by atoms with van der Waals surface area (Å²) < 4.78 is 0. The Morgan fingerprint density at radius 1 is 1.33 bits per heavy atom. The van der Waals surface area contributed by atoms with E-state index >= 15 is 0 Å². The highest BCUT2D eigenvalue weighted by atomic mass is 15.2. The quantitative estimate of drug-likeness (QED) is 0.765. The molecule has 0 aromatic heterocycles. The van der Waals surface area contributed by atoms with Gasteiger partial charge in [0, 0.05) is 24.7 Å². The Bertz CT molecular complexity index is 203. The first-order valence-corrected chi connectivity index (χ1v) is 6.56. The molecule has 2 fully saturated rings. The van der Waals surface area contributed by atoms with Gasteiger partial charge in [0.25, 0.3) is 0 Å². The van der Waals surface area contributed by atoms with Gasteiger partial charge in [0.2, 0.25) is 0 Å². The van der Waals surface area contributed by atoms with Crippen LogP contribution in [0.1, 0.15) is 46.0 Å². The van der Waals surface area contributed by atoms with Crippen LogP contribution < -0.4 is 5.32 Å². The molecule has 0 aromatic rings. The van der Waals surface area contributed by atoms with Gasteiger partial charge in [-0.05, 0) is 46.1 Å². The van der Waals surface area contributed by atoms with E-state index in [0.717, 1.165) is 12.0 Å². The van der Waals surface area contributed by atoms with Gasteiger partial charge < -0.3 is 10.2 Å². The summed E-state index contributed by atoms with van der Waals surface area (Å²) >= 11 is 0. The third-order valence-electron chi connectivity index (χ3n) is 4.50. The first-order chi connectivity index (χ1) is 7.13. The molecule has 1 saturated carbocycles. The minimum atomic E-state index is 0.399. The fourth-order valence-electron chi connectivity index (χ4n) is 2.69. The largest absolute Gasteiger partial charge is 0.314 e. The number of likely N-dealkylation sites (tertiary alicyclic amines) is 1. The maximum Gasteiger partial charge on any atom is 0.0174 e. The molecule has 1 saturated heterocycles. The molecule has 0 spiro atoms. The van der Waals surface area contributed by atoms with Gasteiger partial charge in [-0.25, -0.2) is 0 Å². The zero-order chi connectivity index (χ0) is 10.9. The lowest BCUT2D eigenvalue weighted by Gasteiger charge is -2.42. The Morgan fingerprint density at radius 3 is 2.40 bits per heavy atom. The molecule has 1 aliphatic heterocycles. The fourth-order valence-corrected chi connectivity index (χ4v) is 2.69. The van der Waals surface area contributed by atoms with Gasteiger partial charge >= 0.3 is 0 Å². The van der Waals surface area contributed by atoms with Crippen molar-refractivity contribution < 1.29 is 0 Å². The van der Waals surface area contributed by atoms with E-state index in [1.54, 1.807) is 0 Å². The topological polar surface area (TPSA) is 15.3 Å². The summed E-state index contributed by atoms with van der Waals surface area (Å²) in [7, 11) is 2.10. The SMILES string of the molecule is CNC1(C)CCN(C(C)CC2CC2)CC1. The molecule has 0 aromatic carbocycles. The van der Waals surface area contributed by atoms with Crippen molar-refractivity contribution in [1.29, 1.82) is 0 Å². The highest BCUT2D eigenvalue weighted by Crippen LogP contribution is 2.35. The van der Waals surface area contributed by atoms with Crippen molar-refractivity contribution in [2.75, 3.05) is 20.1 Å². The zero-order valence-corrected chi connectivity index (χ0v) is 10.6. The summed E-state index contributed by atoms with van der Waals surface area (Å²) in [5, 5.41) is 3.47. The second kappa shape index (κ2) is 4.42. The Labute approximate surface area is 94.4 Å². The third kappa shape index (κ3) is 2.94. The van der Waals surface area contributed by atoms with E-state index in [2.05, 4.69) is 31.1 Å². The summed E-state index contributed by atoms with van der Waals surface area (Å²) in [4.78, 5) is 2.69. The molecule has 2 aliphatic rings. The van der Waals surface area contributed by atoms with Crippen molar-refractivity contribution >= 4 is 0 Å². The predicted molar refractivity (Wildman–Crippen MR) is 65.1 cm³/mol. The van der Waals surface area contributed by atoms with Gasteiger partial charge in [-0.2, -0.15) is 0 Å². The van der Waals surface area contributed by atoms with Gasteiger partial charge in [0.15, 0.2) is 0 Å². The second-order valence-electron chi connectivity index (χ2n) is 5.87. The molecular formula is C13H26N2. The molecule has 2 rings (SSSR count). The summed E-state index contributed by atoms with van der Waals surface area (Å²) in [6.07, 6.45) is 7.03. The predicted octanol–water partition coefficient (Wildman–Crippen LogP) is 2.25. The summed E-state index contributed by atoms with van der Waals surface area (Å²) in [6, 6.07) is 0.818. The Balaban J connectivity index is 1.76. The molecule has 2 nitrogen and oxygen atoms in total. The van der Waals surface area contributed by atoms with Crippen LogP contribution in [0.25, 0.3) is 0 Å². The van der Waals surface area contributed by atoms with Crippen molar-refractivity contribution in [3.05, 3.63) is 0 Å². The molecule has 0 bridgehead atoms. The average molecular weight is 210 g/mol. The van der Waals surface area contributed by atoms with Crippen molar-refractivity contribution in [2.45, 2.75) is 57.5 Å². The number of hydrogen-bond acceptors (Lipinski definition) is 2. The highest BCUT2D eigenvalue weighted by molar-refractivity contribution is 4.90. The lowest BCUT2D eigenvalue weighted by Crippen LogP contribution is -2.52. The number of hydrogen-bond donors (Lipinski definition) is 1. The first kappa shape index (κ1) is 11.4. The van der Waals surface area contributed by atoms with Crippen LogP contribution in [0.3, 0.4) is 0 Å². The van der Waals surface area contributed by atoms with Crippen LogP contribution in [0.4, 0.5) is 0 Å². The molecular weight excluding hydrogens is 184 g/mol. The van der Waals surface area contributed by atoms with Gasteiger partial charge in [-0.3, -0.25) is 0 Å². The summed E-state index contributed by atoms with van der Waals surface area (Å²) in [5.41, 5.74) is 0.399.